The summed E-state index contributed by atoms with van der Waals surface area (Å²) in [5, 5.41) is 20.6. The van der Waals surface area contributed by atoms with Crippen LogP contribution in [0.25, 0.3) is 20.9 Å². The third-order valence-electron chi connectivity index (χ3n) is 8.84. The van der Waals surface area contributed by atoms with E-state index in [1.807, 2.05) is 24.3 Å². The summed E-state index contributed by atoms with van der Waals surface area (Å²) in [6.07, 6.45) is 0.954. The van der Waals surface area contributed by atoms with E-state index in [1.54, 1.807) is 70.2 Å². The number of carboxylic acids is 2. The summed E-state index contributed by atoms with van der Waals surface area (Å²) in [7, 11) is -7.99. The maximum absolute atomic E-state index is 13.0. The predicted octanol–water partition coefficient (Wildman–Crippen LogP) is 12.2. The Hall–Kier alpha value is -4.41. The van der Waals surface area contributed by atoms with Gasteiger partial charge in [-0.3, -0.25) is 9.44 Å². The number of carbonyl (C=O) groups is 2. The fourth-order valence-electron chi connectivity index (χ4n) is 5.91. The van der Waals surface area contributed by atoms with E-state index in [-0.39, 0.29) is 30.9 Å². The Morgan fingerprint density at radius 2 is 0.966 bits per heavy atom. The number of hydrogen-bond donors (Lipinski definition) is 4. The molecule has 10 nitrogen and oxygen atoms in total. The van der Waals surface area contributed by atoms with Gasteiger partial charge in [0.05, 0.1) is 21.2 Å². The van der Waals surface area contributed by atoms with E-state index in [1.165, 1.54) is 23.8 Å². The third-order valence-corrected chi connectivity index (χ3v) is 15.3. The lowest BCUT2D eigenvalue weighted by Crippen LogP contribution is -2.15. The summed E-state index contributed by atoms with van der Waals surface area (Å²) in [5.41, 5.74) is 5.01. The first kappa shape index (κ1) is 45.7. The van der Waals surface area contributed by atoms with E-state index in [0.29, 0.717) is 53.0 Å². The summed E-state index contributed by atoms with van der Waals surface area (Å²) in [4.78, 5) is 24.7. The summed E-state index contributed by atoms with van der Waals surface area (Å²) in [6.45, 7) is 11.0. The smallest absolute Gasteiger partial charge is 0.348 e. The predicted molar refractivity (Wildman–Crippen MR) is 240 cm³/mol. The number of carboxylic acid groups (broad SMARTS) is 2. The molecular weight excluding hydrogens is 895 g/mol. The minimum absolute atomic E-state index is 0.00875. The fourth-order valence-corrected chi connectivity index (χ4v) is 11.3. The van der Waals surface area contributed by atoms with Gasteiger partial charge in [-0.05, 0) is 128 Å². The molecule has 2 aromatic heterocycles. The van der Waals surface area contributed by atoms with Crippen molar-refractivity contribution < 1.29 is 36.6 Å². The Kier molecular flexibility index (Phi) is 14.3. The van der Waals surface area contributed by atoms with Gasteiger partial charge in [-0.2, -0.15) is 0 Å². The van der Waals surface area contributed by atoms with Gasteiger partial charge in [0.25, 0.3) is 20.0 Å². The van der Waals surface area contributed by atoms with Crippen LogP contribution in [0.3, 0.4) is 0 Å². The number of aryl methyl sites for hydroxylation is 4. The van der Waals surface area contributed by atoms with Gasteiger partial charge in [-0.25, -0.2) is 26.4 Å². The van der Waals surface area contributed by atoms with Crippen LogP contribution in [0.1, 0.15) is 61.0 Å². The highest BCUT2D eigenvalue weighted by atomic mass is 35.5. The van der Waals surface area contributed by atoms with Crippen molar-refractivity contribution in [1.29, 1.82) is 0 Å². The van der Waals surface area contributed by atoms with E-state index in [0.717, 1.165) is 40.2 Å². The quantitative estimate of drug-likeness (QED) is 0.0941. The SMILES string of the molecule is Cc1cc(S(=O)(=O)Nc2cc(-c3ccc(CC(C)C)cc3)sc2C(=O)O)c(C)cc1Cl.Cc1cc(S(=O)(=O)Nc2cc(-c3ccc(Cl)cc3)sc2C(=O)O)c(C)cc1Cl. The first-order chi connectivity index (χ1) is 27.6. The number of thiophene rings is 2. The molecule has 59 heavy (non-hydrogen) atoms. The monoisotopic (exact) mass is 932 g/mol. The highest BCUT2D eigenvalue weighted by molar-refractivity contribution is 7.93. The van der Waals surface area contributed by atoms with Gasteiger partial charge in [0.15, 0.2) is 0 Å². The van der Waals surface area contributed by atoms with Crippen LogP contribution in [0.2, 0.25) is 15.1 Å². The molecule has 310 valence electrons. The molecule has 0 aliphatic heterocycles. The molecule has 0 bridgehead atoms. The molecule has 4 aromatic carbocycles. The summed E-state index contributed by atoms with van der Waals surface area (Å²) < 4.78 is 56.7. The molecule has 0 fully saturated rings. The second kappa shape index (κ2) is 18.5. The van der Waals surface area contributed by atoms with Crippen LogP contribution in [0.5, 0.6) is 0 Å². The standard InChI is InChI=1S/C23H24ClNO4S2.C19H15Cl2NO4S2/c1-13(2)9-16-5-7-17(8-6-16)20-12-19(22(30-20)23(26)27)25-31(28,29)21-11-14(3)18(24)10-15(21)4;1-10-8-17(11(2)7-14(10)21)28(25,26)22-15-9-16(27-18(15)19(23)24)12-3-5-13(20)6-4-12/h5-8,10-13,25H,9H2,1-4H3,(H,26,27);3-9,22H,1-2H3,(H,23,24). The van der Waals surface area contributed by atoms with Crippen molar-refractivity contribution in [3.63, 3.8) is 0 Å². The zero-order valence-electron chi connectivity index (χ0n) is 32.5. The fraction of sp³-hybridized carbons (Fsp3) is 0.190. The highest BCUT2D eigenvalue weighted by Gasteiger charge is 2.26. The highest BCUT2D eigenvalue weighted by Crippen LogP contribution is 2.38. The van der Waals surface area contributed by atoms with E-state index in [9.17, 15) is 36.6 Å². The average Bonchev–Trinajstić information content (AvgIpc) is 3.76. The third kappa shape index (κ3) is 11.1. The lowest BCUT2D eigenvalue weighted by atomic mass is 10.0. The van der Waals surface area contributed by atoms with Crippen molar-refractivity contribution in [1.82, 2.24) is 0 Å². The number of nitrogens with one attached hydrogen (secondary N) is 2. The zero-order valence-corrected chi connectivity index (χ0v) is 38.0. The molecule has 0 unspecified atom stereocenters. The van der Waals surface area contributed by atoms with Crippen molar-refractivity contribution in [2.75, 3.05) is 9.44 Å². The first-order valence-corrected chi connectivity index (χ1v) is 23.5. The summed E-state index contributed by atoms with van der Waals surface area (Å²) in [5.74, 6) is -1.87. The number of rotatable bonds is 12. The van der Waals surface area contributed by atoms with Crippen molar-refractivity contribution >= 4 is 101 Å². The van der Waals surface area contributed by atoms with Crippen LogP contribution >= 0.6 is 57.5 Å². The van der Waals surface area contributed by atoms with Gasteiger partial charge < -0.3 is 10.2 Å². The Bertz CT molecular complexity index is 2780. The number of sulfonamides is 2. The molecule has 0 spiro atoms. The molecule has 0 aliphatic rings. The molecule has 0 saturated carbocycles. The van der Waals surface area contributed by atoms with Crippen LogP contribution in [0, 0.1) is 33.6 Å². The van der Waals surface area contributed by atoms with Gasteiger partial charge in [-0.15, -0.1) is 22.7 Å². The van der Waals surface area contributed by atoms with Gasteiger partial charge in [0.1, 0.15) is 9.75 Å². The summed E-state index contributed by atoms with van der Waals surface area (Å²) in [6, 6.07) is 23.9. The number of anilines is 2. The lowest BCUT2D eigenvalue weighted by Gasteiger charge is -2.12. The molecule has 0 atom stereocenters. The lowest BCUT2D eigenvalue weighted by molar-refractivity contribution is 0.0692. The van der Waals surface area contributed by atoms with Crippen LogP contribution in [0.15, 0.2) is 94.7 Å². The second-order valence-electron chi connectivity index (χ2n) is 14.1. The average molecular weight is 934 g/mol. The number of aromatic carboxylic acids is 2. The summed E-state index contributed by atoms with van der Waals surface area (Å²) >= 11 is 20.0. The molecule has 17 heteroatoms. The zero-order chi connectivity index (χ0) is 43.6. The molecule has 6 aromatic rings. The Balaban J connectivity index is 0.000000225. The van der Waals surface area contributed by atoms with Crippen molar-refractivity contribution in [2.45, 2.75) is 57.8 Å². The van der Waals surface area contributed by atoms with Gasteiger partial charge in [0, 0.05) is 24.8 Å². The Morgan fingerprint density at radius 3 is 1.32 bits per heavy atom. The molecule has 0 amide bonds. The van der Waals surface area contributed by atoms with E-state index in [4.69, 9.17) is 34.8 Å². The minimum Gasteiger partial charge on any atom is -0.477 e. The van der Waals surface area contributed by atoms with Crippen LogP contribution < -0.4 is 9.44 Å². The normalized spacial score (nSPS) is 11.6. The number of halogens is 3. The molecule has 0 aliphatic carbocycles. The largest absolute Gasteiger partial charge is 0.477 e. The first-order valence-electron chi connectivity index (χ1n) is 17.7. The number of benzene rings is 4. The molecule has 4 N–H and O–H groups in total. The minimum atomic E-state index is -4.00. The van der Waals surface area contributed by atoms with Crippen LogP contribution in [-0.4, -0.2) is 39.0 Å². The topological polar surface area (TPSA) is 167 Å². The van der Waals surface area contributed by atoms with E-state index in [2.05, 4.69) is 23.3 Å². The Morgan fingerprint density at radius 1 is 0.593 bits per heavy atom. The molecule has 2 heterocycles. The van der Waals surface area contributed by atoms with Gasteiger partial charge in [-0.1, -0.05) is 85.0 Å². The van der Waals surface area contributed by atoms with Crippen LogP contribution in [-0.2, 0) is 26.5 Å². The molecular formula is C42H39Cl3N2O8S4. The van der Waals surface area contributed by atoms with Gasteiger partial charge >= 0.3 is 11.9 Å². The number of hydrogen-bond acceptors (Lipinski definition) is 8. The van der Waals surface area contributed by atoms with Crippen LogP contribution in [0.4, 0.5) is 11.4 Å². The Labute approximate surface area is 366 Å². The van der Waals surface area contributed by atoms with Gasteiger partial charge in [0.2, 0.25) is 0 Å². The second-order valence-corrected chi connectivity index (χ2v) is 20.7. The van der Waals surface area contributed by atoms with E-state index < -0.39 is 32.0 Å². The van der Waals surface area contributed by atoms with Crippen molar-refractivity contribution in [3.8, 4) is 20.9 Å². The maximum atomic E-state index is 13.0. The molecule has 6 rings (SSSR count). The molecule has 0 radical (unpaired) electrons. The maximum Gasteiger partial charge on any atom is 0.348 e. The van der Waals surface area contributed by atoms with Crippen molar-refractivity contribution in [3.05, 3.63) is 138 Å². The van der Waals surface area contributed by atoms with E-state index >= 15 is 0 Å². The van der Waals surface area contributed by atoms with Crippen molar-refractivity contribution in [2.24, 2.45) is 5.92 Å². The molecule has 0 saturated heterocycles.